The Bertz CT molecular complexity index is 747. The van der Waals surface area contributed by atoms with E-state index in [4.69, 9.17) is 4.74 Å². The second-order valence-electron chi connectivity index (χ2n) is 7.31. The quantitative estimate of drug-likeness (QED) is 0.304. The Labute approximate surface area is 180 Å². The van der Waals surface area contributed by atoms with Crippen LogP contribution in [0.2, 0.25) is 0 Å². The molecule has 0 heterocycles. The van der Waals surface area contributed by atoms with Gasteiger partial charge >= 0.3 is 0 Å². The van der Waals surface area contributed by atoms with Gasteiger partial charge in [0, 0.05) is 37.4 Å². The lowest BCUT2D eigenvalue weighted by Gasteiger charge is -2.18. The number of aliphatic imine (C=N–C) groups is 1. The number of benzene rings is 1. The zero-order chi connectivity index (χ0) is 19.2. The molecule has 0 radical (unpaired) electrons. The molecule has 0 spiro atoms. The van der Waals surface area contributed by atoms with E-state index in [1.165, 1.54) is 11.8 Å². The van der Waals surface area contributed by atoms with E-state index in [0.29, 0.717) is 25.7 Å². The minimum atomic E-state index is -2.96. The zero-order valence-corrected chi connectivity index (χ0v) is 19.8. The summed E-state index contributed by atoms with van der Waals surface area (Å²) >= 11 is 0. The fraction of sp³-hybridized carbons (Fsp3) is 0.632. The van der Waals surface area contributed by atoms with Gasteiger partial charge in [-0.05, 0) is 37.8 Å². The van der Waals surface area contributed by atoms with Crippen LogP contribution in [0, 0.1) is 12.3 Å². The Kier molecular flexibility index (Phi) is 9.33. The SMILES string of the molecule is CCCOc1cc(C)ccc1CNC(=NC)NCC1(CS(C)(=O)=O)CC1.I. The number of hydrogen-bond acceptors (Lipinski definition) is 4. The van der Waals surface area contributed by atoms with E-state index in [-0.39, 0.29) is 35.1 Å². The van der Waals surface area contributed by atoms with Gasteiger partial charge in [0.1, 0.15) is 15.6 Å². The average Bonchev–Trinajstić information content (AvgIpc) is 3.32. The number of ether oxygens (including phenoxy) is 1. The van der Waals surface area contributed by atoms with Crippen molar-refractivity contribution in [1.29, 1.82) is 0 Å². The van der Waals surface area contributed by atoms with Crippen LogP contribution in [0.3, 0.4) is 0 Å². The summed E-state index contributed by atoms with van der Waals surface area (Å²) in [6.07, 6.45) is 4.15. The first-order valence-corrected chi connectivity index (χ1v) is 11.2. The third-order valence-electron chi connectivity index (χ3n) is 4.51. The van der Waals surface area contributed by atoms with Crippen molar-refractivity contribution in [3.63, 3.8) is 0 Å². The number of nitrogens with one attached hydrogen (secondary N) is 2. The van der Waals surface area contributed by atoms with E-state index in [9.17, 15) is 8.42 Å². The maximum atomic E-state index is 11.6. The monoisotopic (exact) mass is 509 g/mol. The summed E-state index contributed by atoms with van der Waals surface area (Å²) in [6, 6.07) is 6.18. The lowest BCUT2D eigenvalue weighted by Crippen LogP contribution is -2.41. The van der Waals surface area contributed by atoms with Gasteiger partial charge in [-0.2, -0.15) is 0 Å². The molecule has 0 aliphatic heterocycles. The summed E-state index contributed by atoms with van der Waals surface area (Å²) in [7, 11) is -1.25. The summed E-state index contributed by atoms with van der Waals surface area (Å²) < 4.78 is 29.0. The van der Waals surface area contributed by atoms with Crippen molar-refractivity contribution in [3.05, 3.63) is 29.3 Å². The first-order chi connectivity index (χ1) is 12.3. The zero-order valence-electron chi connectivity index (χ0n) is 16.7. The largest absolute Gasteiger partial charge is 0.493 e. The maximum absolute atomic E-state index is 11.6. The summed E-state index contributed by atoms with van der Waals surface area (Å²) in [5.74, 6) is 1.80. The fourth-order valence-corrected chi connectivity index (χ4v) is 4.43. The van der Waals surface area contributed by atoms with E-state index in [0.717, 1.165) is 30.6 Å². The lowest BCUT2D eigenvalue weighted by molar-refractivity contribution is 0.313. The van der Waals surface area contributed by atoms with Gasteiger partial charge < -0.3 is 15.4 Å². The fourth-order valence-electron chi connectivity index (χ4n) is 2.93. The van der Waals surface area contributed by atoms with Gasteiger partial charge in [0.15, 0.2) is 5.96 Å². The highest BCUT2D eigenvalue weighted by Gasteiger charge is 2.45. The molecule has 27 heavy (non-hydrogen) atoms. The molecule has 1 saturated carbocycles. The minimum absolute atomic E-state index is 0. The molecule has 2 N–H and O–H groups in total. The highest BCUT2D eigenvalue weighted by molar-refractivity contribution is 14.0. The Balaban J connectivity index is 0.00000364. The minimum Gasteiger partial charge on any atom is -0.493 e. The molecule has 1 aromatic rings. The summed E-state index contributed by atoms with van der Waals surface area (Å²) in [5.41, 5.74) is 2.10. The van der Waals surface area contributed by atoms with Crippen molar-refractivity contribution in [2.75, 3.05) is 32.2 Å². The number of hydrogen-bond donors (Lipinski definition) is 2. The number of guanidine groups is 1. The van der Waals surface area contributed by atoms with Gasteiger partial charge in [-0.3, -0.25) is 4.99 Å². The van der Waals surface area contributed by atoms with Crippen LogP contribution in [0.25, 0.3) is 0 Å². The molecule has 0 aromatic heterocycles. The Morgan fingerprint density at radius 3 is 2.56 bits per heavy atom. The van der Waals surface area contributed by atoms with E-state index in [2.05, 4.69) is 34.7 Å². The molecule has 0 saturated heterocycles. The number of sulfone groups is 1. The molecule has 1 fully saturated rings. The van der Waals surface area contributed by atoms with Gasteiger partial charge in [0.2, 0.25) is 0 Å². The van der Waals surface area contributed by atoms with Crippen LogP contribution in [-0.4, -0.2) is 46.6 Å². The first-order valence-electron chi connectivity index (χ1n) is 9.11. The molecule has 2 rings (SSSR count). The first kappa shape index (κ1) is 24.0. The van der Waals surface area contributed by atoms with Gasteiger partial charge in [0.25, 0.3) is 0 Å². The van der Waals surface area contributed by atoms with E-state index >= 15 is 0 Å². The van der Waals surface area contributed by atoms with Crippen LogP contribution in [0.4, 0.5) is 0 Å². The Morgan fingerprint density at radius 2 is 2.00 bits per heavy atom. The van der Waals surface area contributed by atoms with Crippen LogP contribution in [-0.2, 0) is 16.4 Å². The highest BCUT2D eigenvalue weighted by Crippen LogP contribution is 2.45. The van der Waals surface area contributed by atoms with Crippen molar-refractivity contribution >= 4 is 39.8 Å². The summed E-state index contributed by atoms with van der Waals surface area (Å²) in [6.45, 7) is 6.04. The van der Waals surface area contributed by atoms with Gasteiger partial charge in [-0.25, -0.2) is 8.42 Å². The van der Waals surface area contributed by atoms with E-state index in [1.807, 2.05) is 13.0 Å². The van der Waals surface area contributed by atoms with Crippen molar-refractivity contribution in [2.45, 2.75) is 39.7 Å². The molecule has 1 aliphatic carbocycles. The molecule has 0 atom stereocenters. The maximum Gasteiger partial charge on any atom is 0.191 e. The van der Waals surface area contributed by atoms with Crippen LogP contribution >= 0.6 is 24.0 Å². The predicted octanol–water partition coefficient (Wildman–Crippen LogP) is 2.89. The molecular formula is C19H32IN3O3S. The highest BCUT2D eigenvalue weighted by atomic mass is 127. The molecule has 154 valence electrons. The van der Waals surface area contributed by atoms with E-state index in [1.54, 1.807) is 7.05 Å². The topological polar surface area (TPSA) is 79.8 Å². The molecule has 8 heteroatoms. The molecule has 1 aromatic carbocycles. The second-order valence-corrected chi connectivity index (χ2v) is 9.45. The second kappa shape index (κ2) is 10.5. The van der Waals surface area contributed by atoms with E-state index < -0.39 is 9.84 Å². The molecule has 0 unspecified atom stereocenters. The van der Waals surface area contributed by atoms with Crippen LogP contribution in [0.1, 0.15) is 37.3 Å². The van der Waals surface area contributed by atoms with Gasteiger partial charge in [0.05, 0.1) is 12.4 Å². The predicted molar refractivity (Wildman–Crippen MR) is 122 cm³/mol. The number of halogens is 1. The molecule has 0 bridgehead atoms. The summed E-state index contributed by atoms with van der Waals surface area (Å²) in [5, 5.41) is 6.57. The average molecular weight is 509 g/mol. The molecule has 1 aliphatic rings. The standard InChI is InChI=1S/C19H31N3O3S.HI/c1-5-10-25-17-11-15(2)6-7-16(17)12-21-18(20-3)22-13-19(8-9-19)14-26(4,23)24;/h6-7,11H,5,8-10,12-14H2,1-4H3,(H2,20,21,22);1H. The van der Waals surface area contributed by atoms with Crippen molar-refractivity contribution in [3.8, 4) is 5.75 Å². The van der Waals surface area contributed by atoms with Crippen molar-refractivity contribution in [1.82, 2.24) is 10.6 Å². The van der Waals surface area contributed by atoms with Crippen LogP contribution < -0.4 is 15.4 Å². The summed E-state index contributed by atoms with van der Waals surface area (Å²) in [4.78, 5) is 4.24. The van der Waals surface area contributed by atoms with Crippen LogP contribution in [0.15, 0.2) is 23.2 Å². The smallest absolute Gasteiger partial charge is 0.191 e. The normalized spacial score (nSPS) is 15.6. The molecular weight excluding hydrogens is 477 g/mol. The number of nitrogens with zero attached hydrogens (tertiary/aromatic N) is 1. The lowest BCUT2D eigenvalue weighted by atomic mass is 10.1. The van der Waals surface area contributed by atoms with Crippen molar-refractivity contribution < 1.29 is 13.2 Å². The van der Waals surface area contributed by atoms with Gasteiger partial charge in [-0.1, -0.05) is 19.1 Å². The van der Waals surface area contributed by atoms with Crippen LogP contribution in [0.5, 0.6) is 5.75 Å². The van der Waals surface area contributed by atoms with Gasteiger partial charge in [-0.15, -0.1) is 24.0 Å². The number of aryl methyl sites for hydroxylation is 1. The molecule has 6 nitrogen and oxygen atoms in total. The molecule has 0 amide bonds. The third-order valence-corrected chi connectivity index (χ3v) is 5.65. The third kappa shape index (κ3) is 8.25. The number of rotatable bonds is 9. The van der Waals surface area contributed by atoms with Crippen molar-refractivity contribution in [2.24, 2.45) is 10.4 Å². The Hall–Kier alpha value is -1.03. The Morgan fingerprint density at radius 1 is 1.30 bits per heavy atom.